The van der Waals surface area contributed by atoms with Crippen molar-refractivity contribution in [2.45, 2.75) is 13.3 Å². The fourth-order valence-corrected chi connectivity index (χ4v) is 3.02. The van der Waals surface area contributed by atoms with Crippen LogP contribution < -0.4 is 4.74 Å². The van der Waals surface area contributed by atoms with Crippen molar-refractivity contribution >= 4 is 26.7 Å². The van der Waals surface area contributed by atoms with Crippen LogP contribution in [0.2, 0.25) is 0 Å². The molecule has 0 spiro atoms. The summed E-state index contributed by atoms with van der Waals surface area (Å²) in [5.74, 6) is 0.952. The van der Waals surface area contributed by atoms with Crippen LogP contribution in [0.4, 0.5) is 0 Å². The van der Waals surface area contributed by atoms with Gasteiger partial charge >= 0.3 is 0 Å². The Hall–Kier alpha value is -1.80. The van der Waals surface area contributed by atoms with Crippen LogP contribution in [-0.2, 0) is 6.42 Å². The van der Waals surface area contributed by atoms with Crippen molar-refractivity contribution in [1.29, 1.82) is 0 Å². The lowest BCUT2D eigenvalue weighted by molar-refractivity contribution is 0.411. The third-order valence-electron chi connectivity index (χ3n) is 3.84. The summed E-state index contributed by atoms with van der Waals surface area (Å²) >= 11 is 3.54. The number of methoxy groups -OCH3 is 1. The number of ether oxygens (including phenoxy) is 1. The molecular weight excluding hydrogens is 324 g/mol. The summed E-state index contributed by atoms with van der Waals surface area (Å²) in [6, 6.07) is 19.2. The second-order valence-corrected chi connectivity index (χ2v) is 6.17. The molecule has 0 bridgehead atoms. The molecular formula is C19H17BrO. The average Bonchev–Trinajstić information content (AvgIpc) is 2.49. The zero-order valence-corrected chi connectivity index (χ0v) is 13.8. The van der Waals surface area contributed by atoms with Crippen molar-refractivity contribution in [3.63, 3.8) is 0 Å². The van der Waals surface area contributed by atoms with Gasteiger partial charge in [-0.25, -0.2) is 0 Å². The Balaban J connectivity index is 2.10. The van der Waals surface area contributed by atoms with Crippen LogP contribution in [0.15, 0.2) is 59.1 Å². The van der Waals surface area contributed by atoms with Crippen LogP contribution in [0.25, 0.3) is 10.8 Å². The van der Waals surface area contributed by atoms with Crippen LogP contribution in [0.3, 0.4) is 0 Å². The summed E-state index contributed by atoms with van der Waals surface area (Å²) in [6.45, 7) is 2.15. The van der Waals surface area contributed by atoms with E-state index in [2.05, 4.69) is 77.5 Å². The molecule has 0 amide bonds. The van der Waals surface area contributed by atoms with Gasteiger partial charge in [-0.05, 0) is 58.7 Å². The maximum absolute atomic E-state index is 5.58. The van der Waals surface area contributed by atoms with Crippen LogP contribution in [0.1, 0.15) is 16.7 Å². The minimum absolute atomic E-state index is 0.887. The van der Waals surface area contributed by atoms with E-state index in [1.54, 1.807) is 7.11 Å². The first-order valence-electron chi connectivity index (χ1n) is 6.98. The van der Waals surface area contributed by atoms with Crippen molar-refractivity contribution in [1.82, 2.24) is 0 Å². The van der Waals surface area contributed by atoms with Gasteiger partial charge in [-0.1, -0.05) is 46.3 Å². The summed E-state index contributed by atoms with van der Waals surface area (Å²) in [6.07, 6.45) is 0.887. The van der Waals surface area contributed by atoms with Gasteiger partial charge in [0.2, 0.25) is 0 Å². The van der Waals surface area contributed by atoms with Crippen molar-refractivity contribution in [3.8, 4) is 5.75 Å². The van der Waals surface area contributed by atoms with E-state index in [-0.39, 0.29) is 0 Å². The van der Waals surface area contributed by atoms with E-state index >= 15 is 0 Å². The average molecular weight is 341 g/mol. The second kappa shape index (κ2) is 5.90. The van der Waals surface area contributed by atoms with Gasteiger partial charge in [-0.3, -0.25) is 0 Å². The van der Waals surface area contributed by atoms with Crippen molar-refractivity contribution in [2.75, 3.05) is 7.11 Å². The molecule has 106 valence electrons. The Kier molecular flexibility index (Phi) is 3.98. The smallest absolute Gasteiger partial charge is 0.123 e. The molecule has 1 nitrogen and oxygen atoms in total. The normalized spacial score (nSPS) is 10.8. The van der Waals surface area contributed by atoms with Gasteiger partial charge in [0.15, 0.2) is 0 Å². The lowest BCUT2D eigenvalue weighted by Gasteiger charge is -2.12. The van der Waals surface area contributed by atoms with Crippen molar-refractivity contribution in [3.05, 3.63) is 75.8 Å². The predicted molar refractivity (Wildman–Crippen MR) is 92.2 cm³/mol. The molecule has 0 unspecified atom stereocenters. The fourth-order valence-electron chi connectivity index (χ4n) is 2.64. The van der Waals surface area contributed by atoms with Crippen LogP contribution in [0, 0.1) is 6.92 Å². The summed E-state index contributed by atoms with van der Waals surface area (Å²) in [7, 11) is 1.74. The van der Waals surface area contributed by atoms with Gasteiger partial charge in [-0.15, -0.1) is 0 Å². The standard InChI is InChI=1S/C19H17BrO/c1-13-5-3-4-6-14(13)9-17-10-16-11-18(20)8-7-15(16)12-19(17)21-2/h3-8,10-12H,9H2,1-2H3. The molecule has 0 aromatic heterocycles. The van der Waals surface area contributed by atoms with E-state index in [0.717, 1.165) is 16.6 Å². The van der Waals surface area contributed by atoms with Crippen LogP contribution in [0.5, 0.6) is 5.75 Å². The Morgan fingerprint density at radius 1 is 0.905 bits per heavy atom. The van der Waals surface area contributed by atoms with Crippen molar-refractivity contribution < 1.29 is 4.74 Å². The van der Waals surface area contributed by atoms with Gasteiger partial charge in [0.25, 0.3) is 0 Å². The number of halogens is 1. The third kappa shape index (κ3) is 2.96. The Labute approximate surface area is 133 Å². The lowest BCUT2D eigenvalue weighted by atomic mass is 9.97. The van der Waals surface area contributed by atoms with Crippen LogP contribution in [-0.4, -0.2) is 7.11 Å². The molecule has 0 saturated carbocycles. The number of fused-ring (bicyclic) bond motifs is 1. The molecule has 0 heterocycles. The molecule has 21 heavy (non-hydrogen) atoms. The molecule has 2 heteroatoms. The number of hydrogen-bond donors (Lipinski definition) is 0. The Bertz CT molecular complexity index is 793. The van der Waals surface area contributed by atoms with E-state index in [9.17, 15) is 0 Å². The van der Waals surface area contributed by atoms with Gasteiger partial charge in [-0.2, -0.15) is 0 Å². The largest absolute Gasteiger partial charge is 0.496 e. The molecule has 0 aliphatic rings. The highest BCUT2D eigenvalue weighted by molar-refractivity contribution is 9.10. The third-order valence-corrected chi connectivity index (χ3v) is 4.34. The molecule has 3 aromatic carbocycles. The predicted octanol–water partition coefficient (Wildman–Crippen LogP) is 5.51. The lowest BCUT2D eigenvalue weighted by Crippen LogP contribution is -1.96. The highest BCUT2D eigenvalue weighted by atomic mass is 79.9. The Morgan fingerprint density at radius 3 is 2.48 bits per heavy atom. The van der Waals surface area contributed by atoms with Gasteiger partial charge in [0.1, 0.15) is 5.75 Å². The maximum Gasteiger partial charge on any atom is 0.123 e. The molecule has 0 atom stereocenters. The Morgan fingerprint density at radius 2 is 1.71 bits per heavy atom. The quantitative estimate of drug-likeness (QED) is 0.610. The number of benzene rings is 3. The minimum atomic E-state index is 0.887. The summed E-state index contributed by atoms with van der Waals surface area (Å²) in [5, 5.41) is 2.43. The molecule has 0 aliphatic carbocycles. The highest BCUT2D eigenvalue weighted by Crippen LogP contribution is 2.30. The van der Waals surface area contributed by atoms with Gasteiger partial charge in [0, 0.05) is 10.9 Å². The zero-order chi connectivity index (χ0) is 14.8. The van der Waals surface area contributed by atoms with Crippen LogP contribution >= 0.6 is 15.9 Å². The fraction of sp³-hybridized carbons (Fsp3) is 0.158. The molecule has 0 saturated heterocycles. The maximum atomic E-state index is 5.58. The summed E-state index contributed by atoms with van der Waals surface area (Å²) in [4.78, 5) is 0. The first kappa shape index (κ1) is 14.2. The molecule has 3 aromatic rings. The second-order valence-electron chi connectivity index (χ2n) is 5.26. The number of hydrogen-bond acceptors (Lipinski definition) is 1. The van der Waals surface area contributed by atoms with E-state index in [0.29, 0.717) is 0 Å². The topological polar surface area (TPSA) is 9.23 Å². The van der Waals surface area contributed by atoms with E-state index in [1.165, 1.54) is 27.5 Å². The highest BCUT2D eigenvalue weighted by Gasteiger charge is 2.08. The monoisotopic (exact) mass is 340 g/mol. The number of aryl methyl sites for hydroxylation is 1. The molecule has 0 fully saturated rings. The summed E-state index contributed by atoms with van der Waals surface area (Å²) < 4.78 is 6.68. The molecule has 0 radical (unpaired) electrons. The number of rotatable bonds is 3. The first-order valence-corrected chi connectivity index (χ1v) is 7.77. The molecule has 3 rings (SSSR count). The zero-order valence-electron chi connectivity index (χ0n) is 12.2. The van der Waals surface area contributed by atoms with E-state index < -0.39 is 0 Å². The van der Waals surface area contributed by atoms with Gasteiger partial charge in [0.05, 0.1) is 7.11 Å². The SMILES string of the molecule is COc1cc2ccc(Br)cc2cc1Cc1ccccc1C. The summed E-state index contributed by atoms with van der Waals surface area (Å²) in [5.41, 5.74) is 3.87. The van der Waals surface area contributed by atoms with E-state index in [1.807, 2.05) is 0 Å². The van der Waals surface area contributed by atoms with Crippen molar-refractivity contribution in [2.24, 2.45) is 0 Å². The minimum Gasteiger partial charge on any atom is -0.496 e. The molecule has 0 aliphatic heterocycles. The molecule has 0 N–H and O–H groups in total. The van der Waals surface area contributed by atoms with Gasteiger partial charge < -0.3 is 4.74 Å². The first-order chi connectivity index (χ1) is 10.2. The van der Waals surface area contributed by atoms with E-state index in [4.69, 9.17) is 4.74 Å².